The number of carbonyl (C=O) groups excluding carboxylic acids is 1. The summed E-state index contributed by atoms with van der Waals surface area (Å²) in [5.41, 5.74) is 0.898. The van der Waals surface area contributed by atoms with Gasteiger partial charge in [0.05, 0.1) is 17.1 Å². The Morgan fingerprint density at radius 3 is 2.89 bits per heavy atom. The van der Waals surface area contributed by atoms with Gasteiger partial charge in [-0.2, -0.15) is 0 Å². The molecule has 2 heterocycles. The molecule has 0 aromatic carbocycles. The number of rotatable bonds is 4. The molecule has 94 valence electrons. The van der Waals surface area contributed by atoms with Crippen LogP contribution in [0.25, 0.3) is 0 Å². The van der Waals surface area contributed by atoms with Gasteiger partial charge in [-0.3, -0.25) is 9.78 Å². The van der Waals surface area contributed by atoms with Crippen molar-refractivity contribution in [1.29, 1.82) is 0 Å². The number of thiol groups is 1. The molecule has 0 N–H and O–H groups in total. The molecule has 5 heteroatoms. The second kappa shape index (κ2) is 6.02. The van der Waals surface area contributed by atoms with Crippen LogP contribution in [-0.4, -0.2) is 22.3 Å². The highest BCUT2D eigenvalue weighted by Crippen LogP contribution is 2.20. The van der Waals surface area contributed by atoms with E-state index in [0.29, 0.717) is 13.1 Å². The molecule has 0 saturated heterocycles. The summed E-state index contributed by atoms with van der Waals surface area (Å²) >= 11 is 5.65. The summed E-state index contributed by atoms with van der Waals surface area (Å²) in [5.74, 6) is 0.0356. The van der Waals surface area contributed by atoms with Crippen molar-refractivity contribution in [2.45, 2.75) is 18.4 Å². The van der Waals surface area contributed by atoms with Crippen molar-refractivity contribution in [1.82, 2.24) is 9.88 Å². The minimum atomic E-state index is 0.0356. The van der Waals surface area contributed by atoms with Gasteiger partial charge in [0.25, 0.3) is 5.91 Å². The SMILES string of the molecule is CCN(Cc1ccccn1)C(=O)c1cc(S)cs1. The van der Waals surface area contributed by atoms with Crippen LogP contribution in [-0.2, 0) is 6.54 Å². The topological polar surface area (TPSA) is 33.2 Å². The quantitative estimate of drug-likeness (QED) is 0.872. The van der Waals surface area contributed by atoms with E-state index in [1.54, 1.807) is 17.2 Å². The number of amides is 1. The van der Waals surface area contributed by atoms with Crippen LogP contribution in [0, 0.1) is 0 Å². The zero-order chi connectivity index (χ0) is 13.0. The average molecular weight is 278 g/mol. The Morgan fingerprint density at radius 2 is 2.33 bits per heavy atom. The maximum absolute atomic E-state index is 12.3. The highest BCUT2D eigenvalue weighted by atomic mass is 32.1. The molecule has 0 aliphatic heterocycles. The van der Waals surface area contributed by atoms with Gasteiger partial charge >= 0.3 is 0 Å². The summed E-state index contributed by atoms with van der Waals surface area (Å²) < 4.78 is 0. The second-order valence-corrected chi connectivity index (χ2v) is 5.24. The smallest absolute Gasteiger partial charge is 0.264 e. The number of pyridine rings is 1. The molecule has 0 atom stereocenters. The Kier molecular flexibility index (Phi) is 4.38. The number of thiophene rings is 1. The normalized spacial score (nSPS) is 10.3. The second-order valence-electron chi connectivity index (χ2n) is 3.81. The minimum absolute atomic E-state index is 0.0356. The first-order chi connectivity index (χ1) is 8.70. The highest BCUT2D eigenvalue weighted by molar-refractivity contribution is 7.80. The van der Waals surface area contributed by atoms with Gasteiger partial charge < -0.3 is 4.90 Å². The molecule has 0 radical (unpaired) electrons. The summed E-state index contributed by atoms with van der Waals surface area (Å²) in [6, 6.07) is 7.53. The molecule has 0 saturated carbocycles. The maximum atomic E-state index is 12.3. The van der Waals surface area contributed by atoms with Crippen LogP contribution in [0.3, 0.4) is 0 Å². The molecular weight excluding hydrogens is 264 g/mol. The number of nitrogens with zero attached hydrogens (tertiary/aromatic N) is 2. The lowest BCUT2D eigenvalue weighted by molar-refractivity contribution is 0.0755. The molecule has 0 aliphatic rings. The van der Waals surface area contributed by atoms with E-state index in [1.165, 1.54) is 11.3 Å². The van der Waals surface area contributed by atoms with Crippen LogP contribution in [0.1, 0.15) is 22.3 Å². The van der Waals surface area contributed by atoms with Crippen molar-refractivity contribution in [3.8, 4) is 0 Å². The standard InChI is InChI=1S/C13H14N2OS2/c1-2-15(8-10-5-3-4-6-14-10)13(16)12-7-11(17)9-18-12/h3-7,9,17H,2,8H2,1H3. The molecule has 2 rings (SSSR count). The zero-order valence-corrected chi connectivity index (χ0v) is 11.7. The summed E-state index contributed by atoms with van der Waals surface area (Å²) in [7, 11) is 0. The Balaban J connectivity index is 2.12. The number of carbonyl (C=O) groups is 1. The number of aromatic nitrogens is 1. The first-order valence-electron chi connectivity index (χ1n) is 5.67. The monoisotopic (exact) mass is 278 g/mol. The van der Waals surface area contributed by atoms with Crippen LogP contribution in [0.15, 0.2) is 40.7 Å². The number of hydrogen-bond donors (Lipinski definition) is 1. The van der Waals surface area contributed by atoms with Crippen molar-refractivity contribution in [2.24, 2.45) is 0 Å². The maximum Gasteiger partial charge on any atom is 0.264 e. The van der Waals surface area contributed by atoms with E-state index in [9.17, 15) is 4.79 Å². The van der Waals surface area contributed by atoms with E-state index < -0.39 is 0 Å². The number of hydrogen-bond acceptors (Lipinski definition) is 4. The van der Waals surface area contributed by atoms with E-state index in [0.717, 1.165) is 15.5 Å². The predicted octanol–water partition coefficient (Wildman–Crippen LogP) is 3.09. The van der Waals surface area contributed by atoms with E-state index in [4.69, 9.17) is 0 Å². The van der Waals surface area contributed by atoms with Crippen molar-refractivity contribution in [2.75, 3.05) is 6.54 Å². The third-order valence-electron chi connectivity index (χ3n) is 2.54. The Labute approximate surface area is 116 Å². The van der Waals surface area contributed by atoms with Gasteiger partial charge in [0.15, 0.2) is 0 Å². The molecule has 2 aromatic heterocycles. The Morgan fingerprint density at radius 1 is 1.50 bits per heavy atom. The average Bonchev–Trinajstić information content (AvgIpc) is 2.83. The zero-order valence-electron chi connectivity index (χ0n) is 10.0. The van der Waals surface area contributed by atoms with Crippen molar-refractivity contribution in [3.63, 3.8) is 0 Å². The fraction of sp³-hybridized carbons (Fsp3) is 0.231. The minimum Gasteiger partial charge on any atom is -0.332 e. The fourth-order valence-corrected chi connectivity index (χ4v) is 2.72. The molecule has 0 fully saturated rings. The molecule has 2 aromatic rings. The van der Waals surface area contributed by atoms with Crippen LogP contribution in [0.4, 0.5) is 0 Å². The third kappa shape index (κ3) is 3.11. The van der Waals surface area contributed by atoms with E-state index in [1.807, 2.05) is 30.5 Å². The van der Waals surface area contributed by atoms with Gasteiger partial charge in [0, 0.05) is 23.0 Å². The van der Waals surface area contributed by atoms with Crippen LogP contribution in [0.2, 0.25) is 0 Å². The first-order valence-corrected chi connectivity index (χ1v) is 7.00. The van der Waals surface area contributed by atoms with Gasteiger partial charge in [-0.15, -0.1) is 24.0 Å². The third-order valence-corrected chi connectivity index (χ3v) is 3.90. The summed E-state index contributed by atoms with van der Waals surface area (Å²) in [4.78, 5) is 19.8. The van der Waals surface area contributed by atoms with Crippen LogP contribution in [0.5, 0.6) is 0 Å². The van der Waals surface area contributed by atoms with Gasteiger partial charge in [-0.25, -0.2) is 0 Å². The lowest BCUT2D eigenvalue weighted by Crippen LogP contribution is -2.30. The molecule has 3 nitrogen and oxygen atoms in total. The van der Waals surface area contributed by atoms with Gasteiger partial charge in [0.1, 0.15) is 0 Å². The van der Waals surface area contributed by atoms with Gasteiger partial charge in [-0.1, -0.05) is 6.07 Å². The summed E-state index contributed by atoms with van der Waals surface area (Å²) in [6.45, 7) is 3.17. The Bertz CT molecular complexity index is 525. The molecule has 1 amide bonds. The predicted molar refractivity (Wildman–Crippen MR) is 76.2 cm³/mol. The molecule has 0 unspecified atom stereocenters. The van der Waals surface area contributed by atoms with Crippen molar-refractivity contribution in [3.05, 3.63) is 46.4 Å². The molecule has 0 bridgehead atoms. The van der Waals surface area contributed by atoms with Crippen molar-refractivity contribution >= 4 is 29.9 Å². The molecule has 0 spiro atoms. The van der Waals surface area contributed by atoms with E-state index >= 15 is 0 Å². The summed E-state index contributed by atoms with van der Waals surface area (Å²) in [6.07, 6.45) is 1.74. The fourth-order valence-electron chi connectivity index (χ4n) is 1.61. The lowest BCUT2D eigenvalue weighted by atomic mass is 10.3. The van der Waals surface area contributed by atoms with Crippen LogP contribution < -0.4 is 0 Å². The van der Waals surface area contributed by atoms with Crippen molar-refractivity contribution < 1.29 is 4.79 Å². The highest BCUT2D eigenvalue weighted by Gasteiger charge is 2.16. The molecule has 0 aliphatic carbocycles. The van der Waals surface area contributed by atoms with Gasteiger partial charge in [-0.05, 0) is 25.1 Å². The largest absolute Gasteiger partial charge is 0.332 e. The first kappa shape index (κ1) is 13.1. The summed E-state index contributed by atoms with van der Waals surface area (Å²) in [5, 5.41) is 1.87. The Hall–Kier alpha value is -1.33. The van der Waals surface area contributed by atoms with E-state index in [-0.39, 0.29) is 5.91 Å². The molecular formula is C13H14N2OS2. The van der Waals surface area contributed by atoms with Gasteiger partial charge in [0.2, 0.25) is 0 Å². The molecule has 18 heavy (non-hydrogen) atoms. The van der Waals surface area contributed by atoms with Crippen LogP contribution >= 0.6 is 24.0 Å². The lowest BCUT2D eigenvalue weighted by Gasteiger charge is -2.19. The van der Waals surface area contributed by atoms with E-state index in [2.05, 4.69) is 17.6 Å².